The van der Waals surface area contributed by atoms with E-state index in [1.165, 1.54) is 0 Å². The van der Waals surface area contributed by atoms with Crippen molar-refractivity contribution in [2.75, 3.05) is 65.9 Å². The van der Waals surface area contributed by atoms with Crippen molar-refractivity contribution in [2.45, 2.75) is 52.6 Å². The molecule has 0 aliphatic heterocycles. The molecule has 12 nitrogen and oxygen atoms in total. The Balaban J connectivity index is 3.51. The summed E-state index contributed by atoms with van der Waals surface area (Å²) in [5.74, 6) is -1.49. The Labute approximate surface area is 207 Å². The fourth-order valence-electron chi connectivity index (χ4n) is 2.56. The zero-order valence-electron chi connectivity index (χ0n) is 21.4. The minimum absolute atomic E-state index is 0.0134. The molecule has 2 amide bonds. The molecule has 0 saturated carbocycles. The van der Waals surface area contributed by atoms with Crippen LogP contribution in [0.25, 0.3) is 0 Å². The van der Waals surface area contributed by atoms with Crippen molar-refractivity contribution >= 4 is 23.6 Å². The third-order valence-corrected chi connectivity index (χ3v) is 4.50. The van der Waals surface area contributed by atoms with Gasteiger partial charge in [0.2, 0.25) is 11.8 Å². The number of ether oxygens (including phenoxy) is 4. The Bertz CT molecular complexity index is 615. The van der Waals surface area contributed by atoms with E-state index in [0.29, 0.717) is 32.9 Å². The van der Waals surface area contributed by atoms with E-state index in [9.17, 15) is 19.2 Å². The molecule has 0 radical (unpaired) electrons. The Hall–Kier alpha value is -2.12. The highest BCUT2D eigenvalue weighted by atomic mass is 16.5. The van der Waals surface area contributed by atoms with E-state index in [4.69, 9.17) is 24.1 Å². The van der Waals surface area contributed by atoms with E-state index in [0.717, 1.165) is 0 Å². The molecular formula is C23H43N3O9. The minimum atomic E-state index is -0.977. The Morgan fingerprint density at radius 2 is 1.23 bits per heavy atom. The summed E-state index contributed by atoms with van der Waals surface area (Å²) in [7, 11) is 0. The van der Waals surface area contributed by atoms with Crippen LogP contribution in [0.1, 0.15) is 40.5 Å². The van der Waals surface area contributed by atoms with Crippen molar-refractivity contribution in [3.8, 4) is 0 Å². The molecule has 12 heteroatoms. The van der Waals surface area contributed by atoms with Gasteiger partial charge in [-0.05, 0) is 6.42 Å². The number of nitrogens with one attached hydrogen (secondary N) is 3. The van der Waals surface area contributed by atoms with Crippen LogP contribution in [-0.2, 0) is 38.1 Å². The van der Waals surface area contributed by atoms with E-state index in [1.807, 2.05) is 27.7 Å². The van der Waals surface area contributed by atoms with Crippen molar-refractivity contribution in [1.82, 2.24) is 16.0 Å². The number of amides is 2. The molecule has 0 aliphatic carbocycles. The molecule has 0 aromatic rings. The van der Waals surface area contributed by atoms with Crippen molar-refractivity contribution in [2.24, 2.45) is 5.92 Å². The van der Waals surface area contributed by atoms with Crippen LogP contribution in [0.5, 0.6) is 0 Å². The quantitative estimate of drug-likeness (QED) is 0.136. The molecule has 0 unspecified atom stereocenters. The van der Waals surface area contributed by atoms with Gasteiger partial charge in [-0.1, -0.05) is 27.7 Å². The first-order valence-electron chi connectivity index (χ1n) is 12.0. The molecule has 204 valence electrons. The van der Waals surface area contributed by atoms with Gasteiger partial charge in [0.05, 0.1) is 39.6 Å². The van der Waals surface area contributed by atoms with E-state index in [2.05, 4.69) is 16.0 Å². The highest BCUT2D eigenvalue weighted by molar-refractivity contribution is 5.81. The summed E-state index contributed by atoms with van der Waals surface area (Å²) in [6.45, 7) is 9.71. The first-order chi connectivity index (χ1) is 16.6. The summed E-state index contributed by atoms with van der Waals surface area (Å²) in [4.78, 5) is 46.0. The lowest BCUT2D eigenvalue weighted by atomic mass is 10.1. The Kier molecular flexibility index (Phi) is 19.9. The lowest BCUT2D eigenvalue weighted by molar-refractivity contribution is -0.140. The summed E-state index contributed by atoms with van der Waals surface area (Å²) in [6, 6.07) is -0.745. The zero-order valence-corrected chi connectivity index (χ0v) is 21.4. The molecule has 0 spiro atoms. The summed E-state index contributed by atoms with van der Waals surface area (Å²) >= 11 is 0. The third-order valence-electron chi connectivity index (χ3n) is 4.50. The van der Waals surface area contributed by atoms with Crippen molar-refractivity contribution in [3.05, 3.63) is 0 Å². The summed E-state index contributed by atoms with van der Waals surface area (Å²) in [5, 5.41) is 17.4. The minimum Gasteiger partial charge on any atom is -0.480 e. The molecule has 0 fully saturated rings. The number of rotatable bonds is 23. The Morgan fingerprint density at radius 1 is 0.714 bits per heavy atom. The van der Waals surface area contributed by atoms with E-state index in [-0.39, 0.29) is 75.4 Å². The molecule has 0 rings (SSSR count). The van der Waals surface area contributed by atoms with Gasteiger partial charge in [-0.15, -0.1) is 0 Å². The highest BCUT2D eigenvalue weighted by Gasteiger charge is 2.19. The van der Waals surface area contributed by atoms with Crippen LogP contribution in [0.3, 0.4) is 0 Å². The van der Waals surface area contributed by atoms with Gasteiger partial charge in [-0.3, -0.25) is 19.2 Å². The molecule has 4 N–H and O–H groups in total. The number of ketones is 1. The van der Waals surface area contributed by atoms with Gasteiger partial charge < -0.3 is 40.0 Å². The number of carboxylic acids is 1. The predicted molar refractivity (Wildman–Crippen MR) is 128 cm³/mol. The third kappa shape index (κ3) is 20.9. The maximum absolute atomic E-state index is 11.8. The van der Waals surface area contributed by atoms with Crippen LogP contribution in [-0.4, -0.2) is 107 Å². The highest BCUT2D eigenvalue weighted by Crippen LogP contribution is 2.00. The average molecular weight is 506 g/mol. The van der Waals surface area contributed by atoms with Crippen LogP contribution in [0.2, 0.25) is 0 Å². The topological polar surface area (TPSA) is 162 Å². The second-order valence-electron chi connectivity index (χ2n) is 8.40. The van der Waals surface area contributed by atoms with E-state index in [1.54, 1.807) is 0 Å². The molecular weight excluding hydrogens is 462 g/mol. The molecule has 0 bridgehead atoms. The molecule has 0 aromatic heterocycles. The number of carboxylic acid groups (broad SMARTS) is 1. The van der Waals surface area contributed by atoms with Gasteiger partial charge >= 0.3 is 5.97 Å². The first-order valence-corrected chi connectivity index (χ1v) is 12.0. The standard InChI is InChI=1S/C23H43N3O9/c1-17(2)20(27)15-34-13-11-33-10-8-25-22(29)16-35-14-12-32-9-7-24-21(28)6-5-19(23(30)31)26-18(3)4/h17-19,26H,5-16H2,1-4H3,(H,24,28)(H,25,29)(H,30,31)/t19-/m0/s1. The summed E-state index contributed by atoms with van der Waals surface area (Å²) in [5.41, 5.74) is 0. The second-order valence-corrected chi connectivity index (χ2v) is 8.40. The molecule has 0 saturated heterocycles. The first kappa shape index (κ1) is 32.9. The maximum atomic E-state index is 11.8. The maximum Gasteiger partial charge on any atom is 0.320 e. The monoisotopic (exact) mass is 505 g/mol. The zero-order chi connectivity index (χ0) is 26.5. The lowest BCUT2D eigenvalue weighted by Crippen LogP contribution is -2.41. The number of Topliss-reactive ketones (excluding diaryl/α,β-unsaturated/α-hetero) is 1. The molecule has 0 aliphatic rings. The van der Waals surface area contributed by atoms with Gasteiger partial charge in [-0.2, -0.15) is 0 Å². The smallest absolute Gasteiger partial charge is 0.320 e. The van der Waals surface area contributed by atoms with Crippen molar-refractivity contribution < 1.29 is 43.2 Å². The van der Waals surface area contributed by atoms with E-state index >= 15 is 0 Å². The SMILES string of the molecule is CC(C)N[C@@H](CCC(=O)NCCOCCOCC(=O)NCCOCCOCC(=O)C(C)C)C(=O)O. The predicted octanol–water partition coefficient (Wildman–Crippen LogP) is -0.258. The van der Waals surface area contributed by atoms with Crippen LogP contribution in [0.15, 0.2) is 0 Å². The van der Waals surface area contributed by atoms with Gasteiger partial charge in [0.25, 0.3) is 0 Å². The normalized spacial score (nSPS) is 12.1. The number of hydrogen-bond acceptors (Lipinski definition) is 9. The van der Waals surface area contributed by atoms with Crippen LogP contribution >= 0.6 is 0 Å². The fraction of sp³-hybridized carbons (Fsp3) is 0.826. The second kappa shape index (κ2) is 21.2. The van der Waals surface area contributed by atoms with Crippen molar-refractivity contribution in [3.63, 3.8) is 0 Å². The van der Waals surface area contributed by atoms with Crippen LogP contribution < -0.4 is 16.0 Å². The largest absolute Gasteiger partial charge is 0.480 e. The van der Waals surface area contributed by atoms with Crippen molar-refractivity contribution in [1.29, 1.82) is 0 Å². The average Bonchev–Trinajstić information content (AvgIpc) is 2.79. The van der Waals surface area contributed by atoms with Gasteiger partial charge in [0.1, 0.15) is 19.3 Å². The van der Waals surface area contributed by atoms with Gasteiger partial charge in [0.15, 0.2) is 5.78 Å². The van der Waals surface area contributed by atoms with Gasteiger partial charge in [-0.25, -0.2) is 0 Å². The molecule has 1 atom stereocenters. The molecule has 0 aromatic carbocycles. The molecule has 0 heterocycles. The number of carbonyl (C=O) groups excluding carboxylic acids is 3. The number of carbonyl (C=O) groups is 4. The number of aliphatic carboxylic acids is 1. The lowest BCUT2D eigenvalue weighted by Gasteiger charge is -2.16. The summed E-state index contributed by atoms with van der Waals surface area (Å²) < 4.78 is 21.0. The summed E-state index contributed by atoms with van der Waals surface area (Å²) in [6.07, 6.45) is 0.310. The van der Waals surface area contributed by atoms with Crippen LogP contribution in [0.4, 0.5) is 0 Å². The fourth-order valence-corrected chi connectivity index (χ4v) is 2.56. The van der Waals surface area contributed by atoms with Gasteiger partial charge in [0, 0.05) is 31.5 Å². The Morgan fingerprint density at radius 3 is 1.74 bits per heavy atom. The van der Waals surface area contributed by atoms with Crippen LogP contribution in [0, 0.1) is 5.92 Å². The number of hydrogen-bond donors (Lipinski definition) is 4. The molecule has 35 heavy (non-hydrogen) atoms. The van der Waals surface area contributed by atoms with E-state index < -0.39 is 12.0 Å².